The Hall–Kier alpha value is -0.110. The second kappa shape index (κ2) is 11.4. The fourth-order valence-electron chi connectivity index (χ4n) is 1.76. The van der Waals surface area contributed by atoms with Crippen LogP contribution in [-0.4, -0.2) is 5.78 Å². The van der Waals surface area contributed by atoms with Gasteiger partial charge in [0.25, 0.3) is 0 Å². The van der Waals surface area contributed by atoms with Crippen LogP contribution in [0.1, 0.15) is 71.6 Å². The normalized spacial score (nSPS) is 11.8. The predicted octanol–water partition coefficient (Wildman–Crippen LogP) is 5.39. The van der Waals surface area contributed by atoms with Gasteiger partial charge in [0.2, 0.25) is 0 Å². The van der Waals surface area contributed by atoms with Crippen molar-refractivity contribution in [3.63, 3.8) is 0 Å². The zero-order valence-electron chi connectivity index (χ0n) is 10.7. The Bertz CT molecular complexity index is 209. The SMILES string of the molecule is CCCCCCCCCCC(=CBr)C(C)=O. The topological polar surface area (TPSA) is 17.1 Å². The largest absolute Gasteiger partial charge is 0.295 e. The average Bonchev–Trinajstić information content (AvgIpc) is 2.26. The molecule has 0 rings (SSSR count). The summed E-state index contributed by atoms with van der Waals surface area (Å²) in [5.74, 6) is 0.194. The summed E-state index contributed by atoms with van der Waals surface area (Å²) < 4.78 is 0. The van der Waals surface area contributed by atoms with Crippen LogP contribution < -0.4 is 0 Å². The molecule has 0 amide bonds. The molecular formula is C14H25BrO. The minimum atomic E-state index is 0.194. The number of Topliss-reactive ketones (excluding diaryl/α,β-unsaturated/α-hetero) is 1. The third-order valence-electron chi connectivity index (χ3n) is 2.88. The second-order valence-corrected chi connectivity index (χ2v) is 4.87. The van der Waals surface area contributed by atoms with Crippen LogP contribution in [0.5, 0.6) is 0 Å². The lowest BCUT2D eigenvalue weighted by molar-refractivity contribution is -0.113. The first kappa shape index (κ1) is 15.9. The standard InChI is InChI=1S/C14H25BrO/c1-3-4-5-6-7-8-9-10-11-14(12-15)13(2)16/h12H,3-11H2,1-2H3. The molecular weight excluding hydrogens is 264 g/mol. The number of allylic oxidation sites excluding steroid dienone is 1. The van der Waals surface area contributed by atoms with Crippen LogP contribution >= 0.6 is 15.9 Å². The Labute approximate surface area is 109 Å². The first-order chi connectivity index (χ1) is 7.72. The molecule has 0 unspecified atom stereocenters. The molecule has 1 nitrogen and oxygen atoms in total. The maximum absolute atomic E-state index is 11.1. The molecule has 94 valence electrons. The van der Waals surface area contributed by atoms with Crippen LogP contribution in [0.25, 0.3) is 0 Å². The van der Waals surface area contributed by atoms with Gasteiger partial charge in [0.1, 0.15) is 0 Å². The van der Waals surface area contributed by atoms with E-state index in [0.29, 0.717) is 0 Å². The number of ketones is 1. The molecule has 0 aromatic heterocycles. The fraction of sp³-hybridized carbons (Fsp3) is 0.786. The van der Waals surface area contributed by atoms with Crippen molar-refractivity contribution in [1.82, 2.24) is 0 Å². The van der Waals surface area contributed by atoms with Crippen molar-refractivity contribution in [2.45, 2.75) is 71.6 Å². The number of halogens is 1. The monoisotopic (exact) mass is 288 g/mol. The van der Waals surface area contributed by atoms with Crippen LogP contribution in [0.2, 0.25) is 0 Å². The lowest BCUT2D eigenvalue weighted by Gasteiger charge is -2.03. The van der Waals surface area contributed by atoms with Crippen molar-refractivity contribution in [2.24, 2.45) is 0 Å². The number of rotatable bonds is 10. The number of carbonyl (C=O) groups excluding carboxylic acids is 1. The van der Waals surface area contributed by atoms with E-state index in [2.05, 4.69) is 22.9 Å². The summed E-state index contributed by atoms with van der Waals surface area (Å²) in [6, 6.07) is 0. The molecule has 0 fully saturated rings. The third kappa shape index (κ3) is 9.14. The molecule has 0 aliphatic heterocycles. The summed E-state index contributed by atoms with van der Waals surface area (Å²) in [4.78, 5) is 12.9. The van der Waals surface area contributed by atoms with Crippen molar-refractivity contribution in [1.29, 1.82) is 0 Å². The molecule has 0 aromatic carbocycles. The number of hydrogen-bond acceptors (Lipinski definition) is 1. The van der Waals surface area contributed by atoms with Gasteiger partial charge < -0.3 is 0 Å². The van der Waals surface area contributed by atoms with Gasteiger partial charge in [0, 0.05) is 5.57 Å². The van der Waals surface area contributed by atoms with Crippen LogP contribution in [0, 0.1) is 0 Å². The minimum Gasteiger partial charge on any atom is -0.295 e. The molecule has 0 bridgehead atoms. The van der Waals surface area contributed by atoms with Gasteiger partial charge in [0.15, 0.2) is 5.78 Å². The van der Waals surface area contributed by atoms with Crippen LogP contribution in [0.3, 0.4) is 0 Å². The van der Waals surface area contributed by atoms with Crippen molar-refractivity contribution in [3.8, 4) is 0 Å². The van der Waals surface area contributed by atoms with E-state index in [0.717, 1.165) is 18.4 Å². The molecule has 0 saturated heterocycles. The zero-order valence-corrected chi connectivity index (χ0v) is 12.3. The third-order valence-corrected chi connectivity index (χ3v) is 3.44. The Morgan fingerprint density at radius 3 is 1.94 bits per heavy atom. The van der Waals surface area contributed by atoms with Gasteiger partial charge in [0.05, 0.1) is 0 Å². The number of hydrogen-bond donors (Lipinski definition) is 0. The predicted molar refractivity (Wildman–Crippen MR) is 74.9 cm³/mol. The van der Waals surface area contributed by atoms with Gasteiger partial charge in [-0.1, -0.05) is 67.8 Å². The lowest BCUT2D eigenvalue weighted by atomic mass is 10.0. The van der Waals surface area contributed by atoms with Gasteiger partial charge >= 0.3 is 0 Å². The van der Waals surface area contributed by atoms with Crippen LogP contribution in [0.4, 0.5) is 0 Å². The highest BCUT2D eigenvalue weighted by Gasteiger charge is 2.02. The molecule has 0 heterocycles. The molecule has 0 saturated carbocycles. The lowest BCUT2D eigenvalue weighted by Crippen LogP contribution is -1.95. The van der Waals surface area contributed by atoms with Crippen LogP contribution in [0.15, 0.2) is 10.6 Å². The maximum Gasteiger partial charge on any atom is 0.156 e. The highest BCUT2D eigenvalue weighted by atomic mass is 79.9. The summed E-state index contributed by atoms with van der Waals surface area (Å²) in [6.07, 6.45) is 11.5. The van der Waals surface area contributed by atoms with Crippen molar-refractivity contribution in [2.75, 3.05) is 0 Å². The summed E-state index contributed by atoms with van der Waals surface area (Å²) in [6.45, 7) is 3.88. The molecule has 0 aromatic rings. The molecule has 2 heteroatoms. The highest BCUT2D eigenvalue weighted by Crippen LogP contribution is 2.14. The smallest absolute Gasteiger partial charge is 0.156 e. The Morgan fingerprint density at radius 2 is 1.50 bits per heavy atom. The van der Waals surface area contributed by atoms with Gasteiger partial charge in [-0.15, -0.1) is 0 Å². The van der Waals surface area contributed by atoms with E-state index in [9.17, 15) is 4.79 Å². The molecule has 16 heavy (non-hydrogen) atoms. The van der Waals surface area contributed by atoms with E-state index in [1.54, 1.807) is 11.9 Å². The first-order valence-electron chi connectivity index (χ1n) is 6.52. The van der Waals surface area contributed by atoms with Crippen LogP contribution in [-0.2, 0) is 4.79 Å². The molecule has 0 aliphatic rings. The Morgan fingerprint density at radius 1 is 1.00 bits per heavy atom. The highest BCUT2D eigenvalue weighted by molar-refractivity contribution is 9.11. The van der Waals surface area contributed by atoms with E-state index in [4.69, 9.17) is 0 Å². The van der Waals surface area contributed by atoms with E-state index in [1.165, 1.54) is 44.9 Å². The number of unbranched alkanes of at least 4 members (excludes halogenated alkanes) is 7. The Balaban J connectivity index is 3.30. The summed E-state index contributed by atoms with van der Waals surface area (Å²) in [5.41, 5.74) is 0.922. The quantitative estimate of drug-likeness (QED) is 0.389. The first-order valence-corrected chi connectivity index (χ1v) is 7.44. The van der Waals surface area contributed by atoms with E-state index < -0.39 is 0 Å². The van der Waals surface area contributed by atoms with E-state index in [1.807, 2.05) is 0 Å². The van der Waals surface area contributed by atoms with Gasteiger partial charge in [-0.05, 0) is 24.8 Å². The zero-order chi connectivity index (χ0) is 12.2. The van der Waals surface area contributed by atoms with E-state index >= 15 is 0 Å². The fourth-order valence-corrected chi connectivity index (χ4v) is 2.31. The summed E-state index contributed by atoms with van der Waals surface area (Å²) in [7, 11) is 0. The average molecular weight is 289 g/mol. The molecule has 0 radical (unpaired) electrons. The van der Waals surface area contributed by atoms with Gasteiger partial charge in [-0.2, -0.15) is 0 Å². The minimum absolute atomic E-state index is 0.194. The molecule has 0 atom stereocenters. The van der Waals surface area contributed by atoms with Crippen molar-refractivity contribution >= 4 is 21.7 Å². The van der Waals surface area contributed by atoms with Gasteiger partial charge in [-0.3, -0.25) is 4.79 Å². The molecule has 0 N–H and O–H groups in total. The van der Waals surface area contributed by atoms with E-state index in [-0.39, 0.29) is 5.78 Å². The number of carbonyl (C=O) groups is 1. The van der Waals surface area contributed by atoms with Crippen molar-refractivity contribution < 1.29 is 4.79 Å². The summed E-state index contributed by atoms with van der Waals surface area (Å²) >= 11 is 3.24. The Kier molecular flexibility index (Phi) is 11.3. The van der Waals surface area contributed by atoms with Gasteiger partial charge in [-0.25, -0.2) is 0 Å². The molecule has 0 aliphatic carbocycles. The summed E-state index contributed by atoms with van der Waals surface area (Å²) in [5, 5.41) is 0. The second-order valence-electron chi connectivity index (χ2n) is 4.42. The van der Waals surface area contributed by atoms with Crippen molar-refractivity contribution in [3.05, 3.63) is 10.6 Å². The maximum atomic E-state index is 11.1. The molecule has 0 spiro atoms.